The van der Waals surface area contributed by atoms with Gasteiger partial charge in [-0.2, -0.15) is 0 Å². The summed E-state index contributed by atoms with van der Waals surface area (Å²) in [6.07, 6.45) is 0.710. The smallest absolute Gasteiger partial charge is 0.494 e. The van der Waals surface area contributed by atoms with Gasteiger partial charge in [-0.05, 0) is 12.1 Å². The molecule has 2 nitrogen and oxygen atoms in total. The predicted molar refractivity (Wildman–Crippen MR) is 57.1 cm³/mol. The molecule has 0 aromatic heterocycles. The first kappa shape index (κ1) is 12.9. The topological polar surface area (TPSA) is 18.5 Å². The lowest BCUT2D eigenvalue weighted by Crippen LogP contribution is -2.33. The Kier molecular flexibility index (Phi) is 4.67. The Morgan fingerprint density at radius 1 is 1.06 bits per heavy atom. The molecule has 0 bridgehead atoms. The molecule has 6 heteroatoms. The van der Waals surface area contributed by atoms with Crippen LogP contribution in [0.25, 0.3) is 0 Å². The number of ether oxygens (including phenoxy) is 2. The molecule has 1 rings (SSSR count). The molecule has 0 saturated heterocycles. The molecule has 0 atom stereocenters. The highest BCUT2D eigenvalue weighted by Gasteiger charge is 2.24. The average Bonchev–Trinajstić information content (AvgIpc) is 2.24. The zero-order valence-corrected chi connectivity index (χ0v) is 8.96. The van der Waals surface area contributed by atoms with Crippen molar-refractivity contribution < 1.29 is 22.4 Å². The Bertz CT molecular complexity index is 311. The van der Waals surface area contributed by atoms with Gasteiger partial charge in [-0.25, -0.2) is 0 Å². The van der Waals surface area contributed by atoms with Crippen molar-refractivity contribution in [3.63, 3.8) is 0 Å². The van der Waals surface area contributed by atoms with E-state index in [2.05, 4.69) is 0 Å². The molecule has 0 heterocycles. The number of hydrogen-bond acceptors (Lipinski definition) is 2. The zero-order chi connectivity index (χ0) is 12.0. The van der Waals surface area contributed by atoms with Crippen LogP contribution >= 0.6 is 0 Å². The summed E-state index contributed by atoms with van der Waals surface area (Å²) in [5, 5.41) is 0. The molecule has 0 aliphatic carbocycles. The van der Waals surface area contributed by atoms with E-state index in [4.69, 9.17) is 9.47 Å². The van der Waals surface area contributed by atoms with Gasteiger partial charge in [0.2, 0.25) is 0 Å². The molecule has 0 radical (unpaired) electrons. The van der Waals surface area contributed by atoms with Crippen molar-refractivity contribution in [1.29, 1.82) is 0 Å². The molecule has 1 aromatic carbocycles. The normalized spacial score (nSPS) is 11.5. The summed E-state index contributed by atoms with van der Waals surface area (Å²) in [7, 11) is 1.58. The van der Waals surface area contributed by atoms with Crippen LogP contribution in [0.1, 0.15) is 6.42 Å². The lowest BCUT2D eigenvalue weighted by Gasteiger charge is -2.15. The van der Waals surface area contributed by atoms with Crippen LogP contribution in [0.2, 0.25) is 0 Å². The monoisotopic (exact) mass is 233 g/mol. The van der Waals surface area contributed by atoms with E-state index in [0.717, 1.165) is 12.1 Å². The molecule has 1 aromatic rings. The maximum absolute atomic E-state index is 12.3. The van der Waals surface area contributed by atoms with Gasteiger partial charge in [-0.1, -0.05) is 12.1 Å². The van der Waals surface area contributed by atoms with Crippen molar-refractivity contribution >= 4 is 12.4 Å². The average molecular weight is 233 g/mol. The number of rotatable bonds is 6. The van der Waals surface area contributed by atoms with Crippen molar-refractivity contribution in [2.45, 2.75) is 6.42 Å². The fourth-order valence-electron chi connectivity index (χ4n) is 1.18. The SMILES string of the molecule is COCCCOc1ccc([B-](F)(F)F)cc1. The molecule has 0 saturated carbocycles. The third kappa shape index (κ3) is 4.14. The van der Waals surface area contributed by atoms with E-state index in [1.807, 2.05) is 0 Å². The van der Waals surface area contributed by atoms with Gasteiger partial charge in [0.25, 0.3) is 0 Å². The van der Waals surface area contributed by atoms with Gasteiger partial charge in [0.1, 0.15) is 5.75 Å². The second-order valence-electron chi connectivity index (χ2n) is 3.34. The Morgan fingerprint density at radius 2 is 1.69 bits per heavy atom. The minimum Gasteiger partial charge on any atom is -0.494 e. The van der Waals surface area contributed by atoms with E-state index in [9.17, 15) is 12.9 Å². The molecule has 16 heavy (non-hydrogen) atoms. The van der Waals surface area contributed by atoms with Gasteiger partial charge in [0.15, 0.2) is 0 Å². The van der Waals surface area contributed by atoms with Crippen LogP contribution < -0.4 is 10.2 Å². The first-order valence-electron chi connectivity index (χ1n) is 4.95. The Labute approximate surface area is 92.4 Å². The summed E-state index contributed by atoms with van der Waals surface area (Å²) in [4.78, 5) is 0. The summed E-state index contributed by atoms with van der Waals surface area (Å²) >= 11 is 0. The van der Waals surface area contributed by atoms with Gasteiger partial charge in [0, 0.05) is 20.1 Å². The molecule has 0 N–H and O–H groups in total. The first-order valence-corrected chi connectivity index (χ1v) is 4.95. The number of hydrogen-bond donors (Lipinski definition) is 0. The van der Waals surface area contributed by atoms with Crippen LogP contribution in [-0.2, 0) is 4.74 Å². The van der Waals surface area contributed by atoms with Crippen LogP contribution in [-0.4, -0.2) is 27.3 Å². The summed E-state index contributed by atoms with van der Waals surface area (Å²) in [6.45, 7) is -3.91. The van der Waals surface area contributed by atoms with Crippen molar-refractivity contribution in [1.82, 2.24) is 0 Å². The van der Waals surface area contributed by atoms with Crippen LogP contribution in [0, 0.1) is 0 Å². The van der Waals surface area contributed by atoms with Gasteiger partial charge in [0.05, 0.1) is 6.61 Å². The Hall–Kier alpha value is -1.17. The van der Waals surface area contributed by atoms with Crippen LogP contribution in [0.15, 0.2) is 24.3 Å². The maximum Gasteiger partial charge on any atom is 0.509 e. The fourth-order valence-corrected chi connectivity index (χ4v) is 1.18. The van der Waals surface area contributed by atoms with Gasteiger partial charge >= 0.3 is 6.98 Å². The van der Waals surface area contributed by atoms with Crippen molar-refractivity contribution in [3.05, 3.63) is 24.3 Å². The van der Waals surface area contributed by atoms with E-state index in [-0.39, 0.29) is 0 Å². The predicted octanol–water partition coefficient (Wildman–Crippen LogP) is 2.16. The maximum atomic E-state index is 12.3. The second kappa shape index (κ2) is 5.79. The summed E-state index contributed by atoms with van der Waals surface area (Å²) in [6, 6.07) is 4.73. The highest BCUT2D eigenvalue weighted by Crippen LogP contribution is 2.13. The third-order valence-electron chi connectivity index (χ3n) is 2.02. The van der Waals surface area contributed by atoms with Crippen molar-refractivity contribution in [3.8, 4) is 5.75 Å². The Balaban J connectivity index is 2.46. The van der Waals surface area contributed by atoms with Crippen LogP contribution in [0.3, 0.4) is 0 Å². The number of methoxy groups -OCH3 is 1. The van der Waals surface area contributed by atoms with E-state index >= 15 is 0 Å². The van der Waals surface area contributed by atoms with E-state index in [1.54, 1.807) is 7.11 Å². The molecular weight excluding hydrogens is 220 g/mol. The highest BCUT2D eigenvalue weighted by atomic mass is 19.4. The van der Waals surface area contributed by atoms with Gasteiger partial charge in [-0.3, -0.25) is 0 Å². The molecular formula is C10H13BF3O2-. The summed E-state index contributed by atoms with van der Waals surface area (Å²) in [5.74, 6) is 0.444. The largest absolute Gasteiger partial charge is 0.509 e. The fraction of sp³-hybridized carbons (Fsp3) is 0.400. The third-order valence-corrected chi connectivity index (χ3v) is 2.02. The Morgan fingerprint density at radius 3 is 2.19 bits per heavy atom. The van der Waals surface area contributed by atoms with Crippen LogP contribution in [0.5, 0.6) is 5.75 Å². The lowest BCUT2D eigenvalue weighted by atomic mass is 9.80. The zero-order valence-electron chi connectivity index (χ0n) is 8.96. The molecule has 0 unspecified atom stereocenters. The van der Waals surface area contributed by atoms with Gasteiger partial charge < -0.3 is 22.4 Å². The van der Waals surface area contributed by atoms with Crippen molar-refractivity contribution in [2.75, 3.05) is 20.3 Å². The molecule has 0 amide bonds. The van der Waals surface area contributed by atoms with Gasteiger partial charge in [-0.15, -0.1) is 5.46 Å². The number of halogens is 3. The van der Waals surface area contributed by atoms with E-state index in [1.165, 1.54) is 12.1 Å². The molecule has 90 valence electrons. The highest BCUT2D eigenvalue weighted by molar-refractivity contribution is 6.73. The first-order chi connectivity index (χ1) is 7.54. The second-order valence-corrected chi connectivity index (χ2v) is 3.34. The lowest BCUT2D eigenvalue weighted by molar-refractivity contribution is 0.172. The summed E-state index contributed by atoms with van der Waals surface area (Å²) < 4.78 is 46.9. The molecule has 0 aliphatic rings. The molecule has 0 spiro atoms. The van der Waals surface area contributed by atoms with E-state index < -0.39 is 12.4 Å². The minimum atomic E-state index is -4.92. The van der Waals surface area contributed by atoms with Crippen molar-refractivity contribution in [2.24, 2.45) is 0 Å². The summed E-state index contributed by atoms with van der Waals surface area (Å²) in [5.41, 5.74) is -0.607. The molecule has 0 aliphatic heterocycles. The van der Waals surface area contributed by atoms with E-state index in [0.29, 0.717) is 25.4 Å². The standard InChI is InChI=1S/C10H13BF3O2/c1-15-7-2-8-16-10-5-3-9(4-6-10)11(12,13)14/h3-6H,2,7-8H2,1H3/q-1. The number of benzene rings is 1. The minimum absolute atomic E-state index is 0.435. The van der Waals surface area contributed by atoms with Crippen LogP contribution in [0.4, 0.5) is 12.9 Å². The quantitative estimate of drug-likeness (QED) is 0.553. The molecule has 0 fully saturated rings.